The highest BCUT2D eigenvalue weighted by atomic mass is 32.2. The van der Waals surface area contributed by atoms with Crippen LogP contribution in [-0.4, -0.2) is 53.5 Å². The van der Waals surface area contributed by atoms with Crippen molar-refractivity contribution in [2.24, 2.45) is 11.0 Å². The summed E-state index contributed by atoms with van der Waals surface area (Å²) in [4.78, 5) is 29.7. The highest BCUT2D eigenvalue weighted by Crippen LogP contribution is 2.28. The monoisotopic (exact) mass is 436 g/mol. The van der Waals surface area contributed by atoms with Crippen LogP contribution in [-0.2, 0) is 19.4 Å². The van der Waals surface area contributed by atoms with Crippen molar-refractivity contribution in [1.82, 2.24) is 9.99 Å². The van der Waals surface area contributed by atoms with Gasteiger partial charge in [-0.25, -0.2) is 22.8 Å². The number of nitrogens with one attached hydrogen (secondary N) is 1. The van der Waals surface area contributed by atoms with Crippen LogP contribution in [0.3, 0.4) is 0 Å². The van der Waals surface area contributed by atoms with E-state index in [1.807, 2.05) is 0 Å². The molecule has 2 aromatic rings. The van der Waals surface area contributed by atoms with E-state index in [0.29, 0.717) is 23.4 Å². The lowest BCUT2D eigenvalue weighted by atomic mass is 10.0. The number of aromatic nitrogens is 1. The number of anilines is 1. The van der Waals surface area contributed by atoms with E-state index in [9.17, 15) is 22.4 Å². The van der Waals surface area contributed by atoms with Crippen LogP contribution >= 0.6 is 11.3 Å². The molecule has 2 atom stereocenters. The first kappa shape index (κ1) is 19.6. The van der Waals surface area contributed by atoms with Gasteiger partial charge in [-0.15, -0.1) is 11.3 Å². The third-order valence-corrected chi connectivity index (χ3v) is 7.34. The maximum atomic E-state index is 13.4. The van der Waals surface area contributed by atoms with E-state index < -0.39 is 39.4 Å². The molecule has 0 radical (unpaired) electrons. The summed E-state index contributed by atoms with van der Waals surface area (Å²) in [5.41, 5.74) is 1.38. The van der Waals surface area contributed by atoms with E-state index in [4.69, 9.17) is 0 Å². The van der Waals surface area contributed by atoms with E-state index in [1.54, 1.807) is 24.4 Å². The molecular formula is C18H17FN4O4S2. The molecule has 4 rings (SSSR count). The van der Waals surface area contributed by atoms with Gasteiger partial charge in [0.2, 0.25) is 5.91 Å². The zero-order valence-electron chi connectivity index (χ0n) is 15.3. The number of sulfone groups is 1. The molecule has 1 fully saturated rings. The molecule has 1 N–H and O–H groups in total. The Morgan fingerprint density at radius 2 is 2.17 bits per heavy atom. The maximum Gasteiger partial charge on any atom is 0.261 e. The van der Waals surface area contributed by atoms with Gasteiger partial charge in [0.1, 0.15) is 5.82 Å². The van der Waals surface area contributed by atoms with Crippen LogP contribution in [0.25, 0.3) is 11.3 Å². The largest absolute Gasteiger partial charge is 0.301 e. The fourth-order valence-corrected chi connectivity index (χ4v) is 5.82. The number of carbonyl (C=O) groups is 2. The molecule has 0 bridgehead atoms. The summed E-state index contributed by atoms with van der Waals surface area (Å²) in [6, 6.07) is 5.39. The van der Waals surface area contributed by atoms with Crippen molar-refractivity contribution in [3.8, 4) is 11.3 Å². The molecule has 2 amide bonds. The molecule has 1 aromatic heterocycles. The van der Waals surface area contributed by atoms with Gasteiger partial charge in [0, 0.05) is 10.9 Å². The van der Waals surface area contributed by atoms with Crippen LogP contribution in [0.5, 0.6) is 0 Å². The SMILES string of the molecule is CC1=NN([C@@H]2CCS(=O)(=O)C2)C(=O)[C@H]1C(=O)Nc1nc(-c2cccc(F)c2)cs1. The number of amides is 2. The lowest BCUT2D eigenvalue weighted by Gasteiger charge is -2.19. The minimum Gasteiger partial charge on any atom is -0.301 e. The van der Waals surface area contributed by atoms with Crippen molar-refractivity contribution in [3.05, 3.63) is 35.5 Å². The van der Waals surface area contributed by atoms with Gasteiger partial charge in [-0.2, -0.15) is 5.10 Å². The molecular weight excluding hydrogens is 419 g/mol. The van der Waals surface area contributed by atoms with Crippen LogP contribution in [0.1, 0.15) is 13.3 Å². The predicted octanol–water partition coefficient (Wildman–Crippen LogP) is 1.91. The van der Waals surface area contributed by atoms with E-state index in [2.05, 4.69) is 15.4 Å². The molecule has 2 aliphatic rings. The number of hydrogen-bond acceptors (Lipinski definition) is 7. The van der Waals surface area contributed by atoms with E-state index >= 15 is 0 Å². The quantitative estimate of drug-likeness (QED) is 0.737. The summed E-state index contributed by atoms with van der Waals surface area (Å²) in [5.74, 6) is -2.77. The fourth-order valence-electron chi connectivity index (χ4n) is 3.41. The number of rotatable bonds is 4. The van der Waals surface area contributed by atoms with Gasteiger partial charge >= 0.3 is 0 Å². The summed E-state index contributed by atoms with van der Waals surface area (Å²) in [6.07, 6.45) is 0.308. The Kier molecular flexibility index (Phi) is 4.95. The van der Waals surface area contributed by atoms with Crippen molar-refractivity contribution < 1.29 is 22.4 Å². The Balaban J connectivity index is 1.47. The van der Waals surface area contributed by atoms with Crippen molar-refractivity contribution >= 4 is 43.8 Å². The highest BCUT2D eigenvalue weighted by Gasteiger charge is 2.45. The predicted molar refractivity (Wildman–Crippen MR) is 107 cm³/mol. The summed E-state index contributed by atoms with van der Waals surface area (Å²) < 4.78 is 36.8. The van der Waals surface area contributed by atoms with Crippen LogP contribution in [0.15, 0.2) is 34.7 Å². The fraction of sp³-hybridized carbons (Fsp3) is 0.333. The zero-order chi connectivity index (χ0) is 20.8. The molecule has 8 nitrogen and oxygen atoms in total. The minimum atomic E-state index is -3.19. The first-order valence-electron chi connectivity index (χ1n) is 8.84. The van der Waals surface area contributed by atoms with Crippen LogP contribution in [0.2, 0.25) is 0 Å². The Labute approximate surface area is 170 Å². The zero-order valence-corrected chi connectivity index (χ0v) is 17.0. The number of halogens is 1. The summed E-state index contributed by atoms with van der Waals surface area (Å²) >= 11 is 1.16. The Morgan fingerprint density at radius 1 is 1.38 bits per heavy atom. The molecule has 0 saturated carbocycles. The molecule has 29 heavy (non-hydrogen) atoms. The van der Waals surface area contributed by atoms with Crippen molar-refractivity contribution in [1.29, 1.82) is 0 Å². The number of carbonyl (C=O) groups excluding carboxylic acids is 2. The molecule has 2 aliphatic heterocycles. The van der Waals surface area contributed by atoms with Gasteiger partial charge in [0.15, 0.2) is 20.9 Å². The second-order valence-electron chi connectivity index (χ2n) is 6.95. The van der Waals surface area contributed by atoms with Gasteiger partial charge in [-0.05, 0) is 25.5 Å². The summed E-state index contributed by atoms with van der Waals surface area (Å²) in [7, 11) is -3.19. The molecule has 11 heteroatoms. The number of thiazole rings is 1. The number of benzene rings is 1. The molecule has 0 aliphatic carbocycles. The molecule has 1 aromatic carbocycles. The van der Waals surface area contributed by atoms with E-state index in [1.165, 1.54) is 12.1 Å². The molecule has 1 saturated heterocycles. The lowest BCUT2D eigenvalue weighted by molar-refractivity contribution is -0.137. The number of hydrazone groups is 1. The third-order valence-electron chi connectivity index (χ3n) is 4.83. The van der Waals surface area contributed by atoms with Gasteiger partial charge in [-0.1, -0.05) is 12.1 Å². The first-order chi connectivity index (χ1) is 13.7. The normalized spacial score (nSPS) is 23.3. The topological polar surface area (TPSA) is 109 Å². The standard InChI is InChI=1S/C18H17FN4O4S2/c1-10-15(17(25)23(22-10)13-5-6-29(26,27)9-13)16(24)21-18-20-14(8-28-18)11-3-2-4-12(19)7-11/h2-4,7-8,13,15H,5-6,9H2,1H3,(H,20,21,24)/t13-,15-/m1/s1. The smallest absolute Gasteiger partial charge is 0.261 e. The average Bonchev–Trinajstić information content (AvgIpc) is 3.32. The second kappa shape index (κ2) is 7.30. The third kappa shape index (κ3) is 3.92. The van der Waals surface area contributed by atoms with E-state index in [-0.39, 0.29) is 16.6 Å². The molecule has 0 spiro atoms. The lowest BCUT2D eigenvalue weighted by Crippen LogP contribution is -2.40. The molecule has 152 valence electrons. The van der Waals surface area contributed by atoms with Gasteiger partial charge in [-0.3, -0.25) is 9.59 Å². The number of hydrogen-bond donors (Lipinski definition) is 1. The molecule has 3 heterocycles. The van der Waals surface area contributed by atoms with Crippen LogP contribution < -0.4 is 5.32 Å². The van der Waals surface area contributed by atoms with Gasteiger partial charge in [0.05, 0.1) is 29.0 Å². The Morgan fingerprint density at radius 3 is 2.86 bits per heavy atom. The van der Waals surface area contributed by atoms with Crippen molar-refractivity contribution in [2.45, 2.75) is 19.4 Å². The van der Waals surface area contributed by atoms with Crippen LogP contribution in [0.4, 0.5) is 9.52 Å². The summed E-state index contributed by atoms with van der Waals surface area (Å²) in [5, 5.41) is 9.83. The Bertz CT molecular complexity index is 1130. The minimum absolute atomic E-state index is 0.00878. The molecule has 0 unspecified atom stereocenters. The van der Waals surface area contributed by atoms with Gasteiger partial charge < -0.3 is 5.32 Å². The summed E-state index contributed by atoms with van der Waals surface area (Å²) in [6.45, 7) is 1.56. The van der Waals surface area contributed by atoms with E-state index in [0.717, 1.165) is 16.3 Å². The van der Waals surface area contributed by atoms with Crippen molar-refractivity contribution in [3.63, 3.8) is 0 Å². The number of nitrogens with zero attached hydrogens (tertiary/aromatic N) is 3. The Hall–Kier alpha value is -2.66. The average molecular weight is 436 g/mol. The first-order valence-corrected chi connectivity index (χ1v) is 11.5. The second-order valence-corrected chi connectivity index (χ2v) is 10.0. The van der Waals surface area contributed by atoms with Crippen molar-refractivity contribution in [2.75, 3.05) is 16.8 Å². The van der Waals surface area contributed by atoms with Crippen LogP contribution in [0, 0.1) is 11.7 Å². The van der Waals surface area contributed by atoms with Gasteiger partial charge in [0.25, 0.3) is 5.91 Å². The highest BCUT2D eigenvalue weighted by molar-refractivity contribution is 7.91. The maximum absolute atomic E-state index is 13.4.